The number of hydrogen-bond acceptors (Lipinski definition) is 5. The predicted molar refractivity (Wildman–Crippen MR) is 97.8 cm³/mol. The maximum atomic E-state index is 12.5. The van der Waals surface area contributed by atoms with Gasteiger partial charge in [-0.2, -0.15) is 0 Å². The number of amides is 3. The highest BCUT2D eigenvalue weighted by Crippen LogP contribution is 2.14. The first kappa shape index (κ1) is 22.1. The topological polar surface area (TPSA) is 97.0 Å². The van der Waals surface area contributed by atoms with E-state index in [1.54, 1.807) is 32.6 Å². The second-order valence-corrected chi connectivity index (χ2v) is 8.61. The van der Waals surface area contributed by atoms with E-state index >= 15 is 0 Å². The van der Waals surface area contributed by atoms with Crippen LogP contribution < -0.4 is 10.6 Å². The van der Waals surface area contributed by atoms with Gasteiger partial charge in [0.1, 0.15) is 17.2 Å². The molecule has 2 N–H and O–H groups in total. The van der Waals surface area contributed by atoms with Crippen molar-refractivity contribution in [3.8, 4) is 0 Å². The molecule has 1 fully saturated rings. The molecule has 1 atom stereocenters. The van der Waals surface area contributed by atoms with Gasteiger partial charge in [-0.15, -0.1) is 0 Å². The van der Waals surface area contributed by atoms with Crippen molar-refractivity contribution < 1.29 is 23.9 Å². The van der Waals surface area contributed by atoms with Gasteiger partial charge in [0.25, 0.3) is 0 Å². The molecule has 8 nitrogen and oxygen atoms in total. The summed E-state index contributed by atoms with van der Waals surface area (Å²) >= 11 is 0. The van der Waals surface area contributed by atoms with E-state index in [0.29, 0.717) is 25.9 Å². The fraction of sp³-hybridized carbons (Fsp3) is 0.833. The zero-order chi connectivity index (χ0) is 20.1. The molecule has 26 heavy (non-hydrogen) atoms. The SMILES string of the molecule is CC(NC(=O)OC(C)(C)C)C(=O)N1CCC(NC(=O)OC(C)(C)C)CC1. The lowest BCUT2D eigenvalue weighted by Gasteiger charge is -2.34. The molecule has 0 aromatic heterocycles. The molecule has 1 aliphatic heterocycles. The number of rotatable bonds is 3. The third kappa shape index (κ3) is 8.40. The summed E-state index contributed by atoms with van der Waals surface area (Å²) < 4.78 is 10.4. The van der Waals surface area contributed by atoms with Crippen molar-refractivity contribution in [3.63, 3.8) is 0 Å². The number of carbonyl (C=O) groups excluding carboxylic acids is 3. The van der Waals surface area contributed by atoms with E-state index in [0.717, 1.165) is 0 Å². The Kier molecular flexibility index (Phi) is 7.29. The monoisotopic (exact) mass is 371 g/mol. The molecule has 0 saturated carbocycles. The lowest BCUT2D eigenvalue weighted by molar-refractivity contribution is -0.134. The Morgan fingerprint density at radius 2 is 1.38 bits per heavy atom. The summed E-state index contributed by atoms with van der Waals surface area (Å²) in [5.41, 5.74) is -1.15. The highest BCUT2D eigenvalue weighted by Gasteiger charge is 2.29. The fourth-order valence-electron chi connectivity index (χ4n) is 2.54. The molecule has 1 saturated heterocycles. The van der Waals surface area contributed by atoms with Crippen LogP contribution in [0.3, 0.4) is 0 Å². The van der Waals surface area contributed by atoms with E-state index in [1.807, 2.05) is 20.8 Å². The van der Waals surface area contributed by atoms with Crippen LogP contribution >= 0.6 is 0 Å². The van der Waals surface area contributed by atoms with Gasteiger partial charge in [0.05, 0.1) is 0 Å². The summed E-state index contributed by atoms with van der Waals surface area (Å²) in [5.74, 6) is -0.161. The lowest BCUT2D eigenvalue weighted by Crippen LogP contribution is -2.52. The Hall–Kier alpha value is -1.99. The van der Waals surface area contributed by atoms with Crippen molar-refractivity contribution in [1.82, 2.24) is 15.5 Å². The number of carbonyl (C=O) groups is 3. The van der Waals surface area contributed by atoms with Crippen LogP contribution in [-0.4, -0.2) is 59.4 Å². The number of alkyl carbamates (subject to hydrolysis) is 2. The first-order valence-electron chi connectivity index (χ1n) is 9.04. The molecular formula is C18H33N3O5. The standard InChI is InChI=1S/C18H33N3O5/c1-12(19-15(23)25-17(2,3)4)14(22)21-10-8-13(9-11-21)20-16(24)26-18(5,6)7/h12-13H,8-11H2,1-7H3,(H,19,23)(H,20,24). The van der Waals surface area contributed by atoms with Gasteiger partial charge in [-0.25, -0.2) is 9.59 Å². The predicted octanol–water partition coefficient (Wildman–Crippen LogP) is 2.42. The Morgan fingerprint density at radius 3 is 1.85 bits per heavy atom. The number of hydrogen-bond donors (Lipinski definition) is 2. The van der Waals surface area contributed by atoms with Crippen LogP contribution in [0, 0.1) is 0 Å². The summed E-state index contributed by atoms with van der Waals surface area (Å²) in [6.45, 7) is 13.4. The summed E-state index contributed by atoms with van der Waals surface area (Å²) in [5, 5.41) is 5.39. The molecular weight excluding hydrogens is 338 g/mol. The zero-order valence-corrected chi connectivity index (χ0v) is 17.0. The first-order valence-corrected chi connectivity index (χ1v) is 9.04. The second kappa shape index (κ2) is 8.60. The van der Waals surface area contributed by atoms with Crippen LogP contribution in [0.4, 0.5) is 9.59 Å². The Morgan fingerprint density at radius 1 is 0.923 bits per heavy atom. The summed E-state index contributed by atoms with van der Waals surface area (Å²) in [6, 6.07) is -0.691. The fourth-order valence-corrected chi connectivity index (χ4v) is 2.54. The maximum absolute atomic E-state index is 12.5. The van der Waals surface area contributed by atoms with Crippen molar-refractivity contribution >= 4 is 18.1 Å². The van der Waals surface area contributed by atoms with Crippen molar-refractivity contribution in [2.24, 2.45) is 0 Å². The molecule has 0 radical (unpaired) electrons. The zero-order valence-electron chi connectivity index (χ0n) is 17.0. The minimum absolute atomic E-state index is 0.0250. The van der Waals surface area contributed by atoms with Crippen molar-refractivity contribution in [3.05, 3.63) is 0 Å². The minimum Gasteiger partial charge on any atom is -0.444 e. The van der Waals surface area contributed by atoms with Crippen LogP contribution in [0.1, 0.15) is 61.3 Å². The van der Waals surface area contributed by atoms with Gasteiger partial charge in [-0.3, -0.25) is 4.79 Å². The Bertz CT molecular complexity index is 514. The number of piperidine rings is 1. The van der Waals surface area contributed by atoms with Crippen LogP contribution in [0.5, 0.6) is 0 Å². The van der Waals surface area contributed by atoms with Gasteiger partial charge in [-0.05, 0) is 61.3 Å². The van der Waals surface area contributed by atoms with Crippen molar-refractivity contribution in [2.45, 2.75) is 84.6 Å². The smallest absolute Gasteiger partial charge is 0.408 e. The normalized spacial score (nSPS) is 17.3. The van der Waals surface area contributed by atoms with Crippen LogP contribution in [0.25, 0.3) is 0 Å². The minimum atomic E-state index is -0.666. The largest absolute Gasteiger partial charge is 0.444 e. The average molecular weight is 371 g/mol. The Balaban J connectivity index is 2.41. The molecule has 1 unspecified atom stereocenters. The molecule has 0 spiro atoms. The third-order valence-electron chi connectivity index (χ3n) is 3.63. The number of likely N-dealkylation sites (tertiary alicyclic amines) is 1. The molecule has 0 aromatic carbocycles. The molecule has 8 heteroatoms. The average Bonchev–Trinajstić information content (AvgIpc) is 2.43. The highest BCUT2D eigenvalue weighted by molar-refractivity contribution is 5.85. The number of nitrogens with zero attached hydrogens (tertiary/aromatic N) is 1. The van der Waals surface area contributed by atoms with Crippen LogP contribution in [0.2, 0.25) is 0 Å². The number of ether oxygens (including phenoxy) is 2. The van der Waals surface area contributed by atoms with Gasteiger partial charge >= 0.3 is 12.2 Å². The van der Waals surface area contributed by atoms with Gasteiger partial charge in [0, 0.05) is 19.1 Å². The van der Waals surface area contributed by atoms with E-state index in [1.165, 1.54) is 0 Å². The van der Waals surface area contributed by atoms with E-state index in [9.17, 15) is 14.4 Å². The molecule has 1 heterocycles. The van der Waals surface area contributed by atoms with Crippen molar-refractivity contribution in [2.75, 3.05) is 13.1 Å². The lowest BCUT2D eigenvalue weighted by atomic mass is 10.0. The van der Waals surface area contributed by atoms with E-state index < -0.39 is 29.4 Å². The molecule has 3 amide bonds. The first-order chi connectivity index (χ1) is 11.8. The van der Waals surface area contributed by atoms with Gasteiger partial charge in [0.2, 0.25) is 5.91 Å². The molecule has 0 bridgehead atoms. The van der Waals surface area contributed by atoms with Gasteiger partial charge in [-0.1, -0.05) is 0 Å². The summed E-state index contributed by atoms with van der Waals surface area (Å²) in [4.78, 5) is 37.7. The van der Waals surface area contributed by atoms with E-state index in [2.05, 4.69) is 10.6 Å². The van der Waals surface area contributed by atoms with E-state index in [-0.39, 0.29) is 11.9 Å². The Labute approximate surface area is 156 Å². The molecule has 0 aromatic rings. The van der Waals surface area contributed by atoms with Gasteiger partial charge in [0.15, 0.2) is 0 Å². The summed E-state index contributed by atoms with van der Waals surface area (Å²) in [7, 11) is 0. The molecule has 0 aliphatic carbocycles. The molecule has 1 aliphatic rings. The van der Waals surface area contributed by atoms with E-state index in [4.69, 9.17) is 9.47 Å². The highest BCUT2D eigenvalue weighted by atomic mass is 16.6. The third-order valence-corrected chi connectivity index (χ3v) is 3.63. The summed E-state index contributed by atoms with van der Waals surface area (Å²) in [6.07, 6.45) is 0.232. The molecule has 150 valence electrons. The maximum Gasteiger partial charge on any atom is 0.408 e. The second-order valence-electron chi connectivity index (χ2n) is 8.61. The van der Waals surface area contributed by atoms with Crippen molar-refractivity contribution in [1.29, 1.82) is 0 Å². The molecule has 1 rings (SSSR count). The van der Waals surface area contributed by atoms with Crippen LogP contribution in [0.15, 0.2) is 0 Å². The number of nitrogens with one attached hydrogen (secondary N) is 2. The quantitative estimate of drug-likeness (QED) is 0.794. The van der Waals surface area contributed by atoms with Gasteiger partial charge < -0.3 is 25.0 Å². The van der Waals surface area contributed by atoms with Crippen LogP contribution in [-0.2, 0) is 14.3 Å².